The number of halogens is 1. The van der Waals surface area contributed by atoms with Crippen molar-refractivity contribution in [1.29, 1.82) is 0 Å². The number of carbonyl (C=O) groups excluding carboxylic acids is 2. The Kier molecular flexibility index (Phi) is 6.59. The lowest BCUT2D eigenvalue weighted by molar-refractivity contribution is -0.141. The van der Waals surface area contributed by atoms with Gasteiger partial charge in [0.1, 0.15) is 0 Å². The number of likely N-dealkylation sites (tertiary alicyclic amines) is 1. The van der Waals surface area contributed by atoms with Crippen LogP contribution in [0.3, 0.4) is 0 Å². The van der Waals surface area contributed by atoms with Gasteiger partial charge < -0.3 is 30.9 Å². The number of hydrogen-bond donors (Lipinski definition) is 5. The monoisotopic (exact) mass is 465 g/mol. The molecule has 166 valence electrons. The summed E-state index contributed by atoms with van der Waals surface area (Å²) in [7, 11) is 0. The molecule has 0 radical (unpaired) electrons. The van der Waals surface area contributed by atoms with E-state index in [1.807, 2.05) is 36.4 Å². The molecule has 5 N–H and O–H groups in total. The Balaban J connectivity index is 1.48. The molecule has 0 spiro atoms. The van der Waals surface area contributed by atoms with Crippen molar-refractivity contribution in [3.05, 3.63) is 58.1 Å². The van der Waals surface area contributed by atoms with Gasteiger partial charge in [-0.05, 0) is 24.1 Å². The van der Waals surface area contributed by atoms with Crippen LogP contribution >= 0.6 is 23.4 Å². The molecule has 0 bridgehead atoms. The number of hydrogen-bond acceptors (Lipinski definition) is 7. The maximum Gasteiger partial charge on any atom is 0.267 e. The molecule has 1 aromatic carbocycles. The fourth-order valence-corrected chi connectivity index (χ4v) is 5.35. The smallest absolute Gasteiger partial charge is 0.267 e. The minimum Gasteiger partial charge on any atom is -0.388 e. The van der Waals surface area contributed by atoms with Crippen LogP contribution in [-0.2, 0) is 16.0 Å². The van der Waals surface area contributed by atoms with Gasteiger partial charge in [0.05, 0.1) is 33.7 Å². The molecule has 31 heavy (non-hydrogen) atoms. The first-order valence-electron chi connectivity index (χ1n) is 10.0. The minimum absolute atomic E-state index is 0.00459. The second-order valence-corrected chi connectivity index (χ2v) is 9.72. The van der Waals surface area contributed by atoms with Crippen LogP contribution < -0.4 is 10.6 Å². The summed E-state index contributed by atoms with van der Waals surface area (Å²) in [6.07, 6.45) is 0.244. The first-order chi connectivity index (χ1) is 14.8. The summed E-state index contributed by atoms with van der Waals surface area (Å²) in [4.78, 5) is 26.9. The Morgan fingerprint density at radius 2 is 1.87 bits per heavy atom. The van der Waals surface area contributed by atoms with Gasteiger partial charge in [0.2, 0.25) is 0 Å². The van der Waals surface area contributed by atoms with Crippen molar-refractivity contribution in [3.8, 4) is 0 Å². The molecule has 0 aromatic heterocycles. The number of thioether (sulfide) groups is 1. The van der Waals surface area contributed by atoms with E-state index in [-0.39, 0.29) is 30.8 Å². The number of nitrogens with one attached hydrogen (secondary N) is 2. The molecule has 0 saturated carbocycles. The van der Waals surface area contributed by atoms with E-state index in [1.165, 1.54) is 16.7 Å². The molecule has 3 aliphatic heterocycles. The number of aliphatic hydroxyl groups excluding tert-OH is 3. The highest BCUT2D eigenvalue weighted by molar-refractivity contribution is 8.05. The third kappa shape index (κ3) is 4.91. The van der Waals surface area contributed by atoms with Crippen LogP contribution in [0, 0.1) is 5.92 Å². The largest absolute Gasteiger partial charge is 0.388 e. The Labute approximate surface area is 189 Å². The van der Waals surface area contributed by atoms with Crippen LogP contribution in [0.2, 0.25) is 0 Å². The first kappa shape index (κ1) is 22.2. The number of carbonyl (C=O) groups is 2. The Morgan fingerprint density at radius 3 is 2.52 bits per heavy atom. The first-order valence-corrected chi connectivity index (χ1v) is 11.3. The Morgan fingerprint density at radius 1 is 1.19 bits per heavy atom. The number of β-amino-alcohol motifs (C(OH)–C–C–N with tert-alkyl or cyclic N) is 2. The Hall–Kier alpha value is -2.04. The van der Waals surface area contributed by atoms with Gasteiger partial charge in [-0.2, -0.15) is 0 Å². The Bertz CT molecular complexity index is 902. The van der Waals surface area contributed by atoms with Gasteiger partial charge in [-0.15, -0.1) is 0 Å². The standard InChI is InChI=1S/C21H24ClN3O5S/c22-17-8-12-7-14(24-20(12)31-17)19(29)23-13(6-11-4-2-1-3-5-11)18(28)21(30)25-9-15(26)16(27)10-25/h1-5,7-8,12-13,15-16,18,20,24,26-28H,6,9-10H2,(H,23,29)/t12?,13-,15-,16-,18+,20?/m0/s1. The SMILES string of the molecule is O=C(N[C@@H](Cc1ccccc1)[C@@H](O)C(=O)N1C[C@H](O)[C@@H](O)C1)C1=CC2C=C(Cl)SC2N1. The molecule has 0 aliphatic carbocycles. The fourth-order valence-electron chi connectivity index (χ4n) is 3.94. The number of aliphatic hydroxyl groups is 3. The zero-order valence-corrected chi connectivity index (χ0v) is 18.1. The minimum atomic E-state index is -1.54. The number of amides is 2. The molecule has 1 fully saturated rings. The van der Waals surface area contributed by atoms with Crippen molar-refractivity contribution in [3.63, 3.8) is 0 Å². The van der Waals surface area contributed by atoms with E-state index in [4.69, 9.17) is 11.6 Å². The van der Waals surface area contributed by atoms with Crippen molar-refractivity contribution in [2.45, 2.75) is 36.1 Å². The van der Waals surface area contributed by atoms with E-state index in [0.29, 0.717) is 10.1 Å². The molecule has 1 aromatic rings. The van der Waals surface area contributed by atoms with E-state index in [9.17, 15) is 24.9 Å². The van der Waals surface area contributed by atoms with Crippen molar-refractivity contribution >= 4 is 35.2 Å². The molecule has 3 aliphatic rings. The molecule has 1 saturated heterocycles. The lowest BCUT2D eigenvalue weighted by Crippen LogP contribution is -2.53. The van der Waals surface area contributed by atoms with E-state index in [1.54, 1.807) is 6.08 Å². The molecular weight excluding hydrogens is 442 g/mol. The van der Waals surface area contributed by atoms with Gasteiger partial charge >= 0.3 is 0 Å². The summed E-state index contributed by atoms with van der Waals surface area (Å²) >= 11 is 7.45. The predicted octanol–water partition coefficient (Wildman–Crippen LogP) is -0.105. The highest BCUT2D eigenvalue weighted by Gasteiger charge is 2.39. The van der Waals surface area contributed by atoms with E-state index in [2.05, 4.69) is 10.6 Å². The number of nitrogens with zero attached hydrogens (tertiary/aromatic N) is 1. The molecular formula is C21H24ClN3O5S. The average molecular weight is 466 g/mol. The van der Waals surface area contributed by atoms with Gasteiger partial charge in [-0.1, -0.05) is 53.7 Å². The lowest BCUT2D eigenvalue weighted by Gasteiger charge is -2.27. The third-order valence-corrected chi connectivity index (χ3v) is 7.07. The molecule has 8 nitrogen and oxygen atoms in total. The maximum atomic E-state index is 12.9. The summed E-state index contributed by atoms with van der Waals surface area (Å²) in [5, 5.41) is 36.1. The van der Waals surface area contributed by atoms with Crippen LogP contribution in [-0.4, -0.2) is 74.9 Å². The van der Waals surface area contributed by atoms with Gasteiger partial charge in [0.15, 0.2) is 6.10 Å². The van der Waals surface area contributed by atoms with Gasteiger partial charge in [-0.25, -0.2) is 0 Å². The number of rotatable bonds is 6. The second-order valence-electron chi connectivity index (χ2n) is 7.90. The summed E-state index contributed by atoms with van der Waals surface area (Å²) in [6, 6.07) is 8.33. The van der Waals surface area contributed by atoms with Gasteiger partial charge in [0.25, 0.3) is 11.8 Å². The number of fused-ring (bicyclic) bond motifs is 1. The molecule has 6 atom stereocenters. The van der Waals surface area contributed by atoms with E-state index < -0.39 is 36.2 Å². The van der Waals surface area contributed by atoms with Crippen molar-refractivity contribution in [1.82, 2.24) is 15.5 Å². The predicted molar refractivity (Wildman–Crippen MR) is 117 cm³/mol. The molecule has 2 unspecified atom stereocenters. The van der Waals surface area contributed by atoms with Crippen LogP contribution in [0.25, 0.3) is 0 Å². The lowest BCUT2D eigenvalue weighted by atomic mass is 10.00. The van der Waals surface area contributed by atoms with Crippen molar-refractivity contribution in [2.24, 2.45) is 5.92 Å². The fraction of sp³-hybridized carbons (Fsp3) is 0.429. The summed E-state index contributed by atoms with van der Waals surface area (Å²) in [5.41, 5.74) is 1.21. The quantitative estimate of drug-likeness (QED) is 0.397. The zero-order chi connectivity index (χ0) is 22.1. The van der Waals surface area contributed by atoms with E-state index in [0.717, 1.165) is 5.56 Å². The highest BCUT2D eigenvalue weighted by Crippen LogP contribution is 2.41. The number of benzene rings is 1. The van der Waals surface area contributed by atoms with E-state index >= 15 is 0 Å². The molecule has 4 rings (SSSR count). The zero-order valence-electron chi connectivity index (χ0n) is 16.5. The third-order valence-electron chi connectivity index (χ3n) is 5.63. The molecule has 10 heteroatoms. The topological polar surface area (TPSA) is 122 Å². The highest BCUT2D eigenvalue weighted by atomic mass is 35.5. The maximum absolute atomic E-state index is 12.9. The van der Waals surface area contributed by atoms with Gasteiger partial charge in [-0.3, -0.25) is 9.59 Å². The van der Waals surface area contributed by atoms with Crippen LogP contribution in [0.15, 0.2) is 52.5 Å². The molecule has 2 amide bonds. The van der Waals surface area contributed by atoms with Crippen molar-refractivity contribution < 1.29 is 24.9 Å². The second kappa shape index (κ2) is 9.22. The molecule has 3 heterocycles. The summed E-state index contributed by atoms with van der Waals surface area (Å²) in [6.45, 7) is -0.132. The van der Waals surface area contributed by atoms with Crippen molar-refractivity contribution in [2.75, 3.05) is 13.1 Å². The average Bonchev–Trinajstić information content (AvgIpc) is 3.40. The summed E-state index contributed by atoms with van der Waals surface area (Å²) < 4.78 is 0.677. The van der Waals surface area contributed by atoms with Gasteiger partial charge in [0, 0.05) is 19.0 Å². The summed E-state index contributed by atoms with van der Waals surface area (Å²) in [5.74, 6) is -1.06. The normalized spacial score (nSPS) is 29.0. The van der Waals surface area contributed by atoms with Crippen LogP contribution in [0.1, 0.15) is 5.56 Å². The van der Waals surface area contributed by atoms with Crippen LogP contribution in [0.4, 0.5) is 0 Å². The van der Waals surface area contributed by atoms with Crippen LogP contribution in [0.5, 0.6) is 0 Å².